The summed E-state index contributed by atoms with van der Waals surface area (Å²) in [5.41, 5.74) is 0.841. The van der Waals surface area contributed by atoms with Gasteiger partial charge in [-0.2, -0.15) is 4.31 Å². The number of carbonyl (C=O) groups excluding carboxylic acids is 1. The second-order valence-electron chi connectivity index (χ2n) is 5.76. The van der Waals surface area contributed by atoms with Crippen LogP contribution >= 0.6 is 0 Å². The molecule has 7 heteroatoms. The summed E-state index contributed by atoms with van der Waals surface area (Å²) in [5, 5.41) is 1.28. The lowest BCUT2D eigenvalue weighted by molar-refractivity contribution is -0.144. The smallest absolute Gasteiger partial charge is 0.321 e. The Morgan fingerprint density at radius 3 is 2.62 bits per heavy atom. The molecule has 1 aromatic heterocycles. The Bertz CT molecular complexity index is 1010. The molecule has 0 saturated heterocycles. The normalized spacial score (nSPS) is 11.6. The number of hydrogen-bond acceptors (Lipinski definition) is 5. The van der Waals surface area contributed by atoms with E-state index in [1.54, 1.807) is 24.4 Å². The molecule has 0 N–H and O–H groups in total. The molecule has 0 spiro atoms. The molecule has 3 rings (SSSR count). The van der Waals surface area contributed by atoms with Crippen molar-refractivity contribution in [2.45, 2.75) is 11.5 Å². The highest BCUT2D eigenvalue weighted by molar-refractivity contribution is 7.89. The highest BCUT2D eigenvalue weighted by Crippen LogP contribution is 2.24. The summed E-state index contributed by atoms with van der Waals surface area (Å²) in [6, 6.07) is 15.8. The molecule has 0 aliphatic carbocycles. The van der Waals surface area contributed by atoms with Gasteiger partial charge in [0.1, 0.15) is 13.2 Å². The molecule has 3 aromatic rings. The van der Waals surface area contributed by atoms with Crippen molar-refractivity contribution < 1.29 is 17.9 Å². The zero-order valence-electron chi connectivity index (χ0n) is 14.2. The number of likely N-dealkylation sites (N-methyl/N-ethyl adjacent to an activating group) is 1. The number of rotatable bonds is 6. The first-order valence-corrected chi connectivity index (χ1v) is 9.41. The van der Waals surface area contributed by atoms with Gasteiger partial charge in [-0.05, 0) is 17.7 Å². The van der Waals surface area contributed by atoms with Crippen molar-refractivity contribution in [1.82, 2.24) is 9.29 Å². The Morgan fingerprint density at radius 2 is 1.85 bits per heavy atom. The Kier molecular flexibility index (Phi) is 5.29. The zero-order valence-corrected chi connectivity index (χ0v) is 15.0. The lowest BCUT2D eigenvalue weighted by atomic mass is 10.2. The minimum atomic E-state index is -3.84. The van der Waals surface area contributed by atoms with E-state index in [4.69, 9.17) is 4.74 Å². The van der Waals surface area contributed by atoms with Crippen molar-refractivity contribution in [3.63, 3.8) is 0 Å². The Morgan fingerprint density at radius 1 is 1.08 bits per heavy atom. The van der Waals surface area contributed by atoms with E-state index in [9.17, 15) is 13.2 Å². The summed E-state index contributed by atoms with van der Waals surface area (Å²) < 4.78 is 31.9. The molecule has 0 unspecified atom stereocenters. The molecule has 0 fully saturated rings. The largest absolute Gasteiger partial charge is 0.460 e. The third kappa shape index (κ3) is 3.89. The molecular formula is C19H18N2O4S. The van der Waals surface area contributed by atoms with Crippen LogP contribution in [0, 0.1) is 0 Å². The minimum Gasteiger partial charge on any atom is -0.460 e. The van der Waals surface area contributed by atoms with Gasteiger partial charge in [0.25, 0.3) is 0 Å². The SMILES string of the molecule is CN(CC(=O)OCc1ccccc1)S(=O)(=O)c1cccc2cnccc12. The number of nitrogens with zero attached hydrogens (tertiary/aromatic N) is 2. The van der Waals surface area contributed by atoms with Gasteiger partial charge in [0.05, 0.1) is 4.90 Å². The third-order valence-electron chi connectivity index (χ3n) is 3.92. The van der Waals surface area contributed by atoms with E-state index in [0.29, 0.717) is 10.8 Å². The van der Waals surface area contributed by atoms with Crippen molar-refractivity contribution in [3.8, 4) is 0 Å². The second kappa shape index (κ2) is 7.63. The molecule has 26 heavy (non-hydrogen) atoms. The van der Waals surface area contributed by atoms with E-state index in [1.807, 2.05) is 30.3 Å². The summed E-state index contributed by atoms with van der Waals surface area (Å²) in [6.45, 7) is -0.260. The van der Waals surface area contributed by atoms with Crippen LogP contribution < -0.4 is 0 Å². The third-order valence-corrected chi connectivity index (χ3v) is 5.78. The van der Waals surface area contributed by atoms with Gasteiger partial charge in [-0.1, -0.05) is 42.5 Å². The number of benzene rings is 2. The van der Waals surface area contributed by atoms with Gasteiger partial charge in [0.2, 0.25) is 10.0 Å². The molecule has 0 bridgehead atoms. The second-order valence-corrected chi connectivity index (χ2v) is 7.77. The van der Waals surface area contributed by atoms with Gasteiger partial charge in [-0.15, -0.1) is 0 Å². The molecule has 0 amide bonds. The zero-order chi connectivity index (χ0) is 18.6. The maximum atomic E-state index is 12.9. The molecule has 0 saturated carbocycles. The summed E-state index contributed by atoms with van der Waals surface area (Å²) in [4.78, 5) is 16.2. The number of carbonyl (C=O) groups is 1. The lowest BCUT2D eigenvalue weighted by Gasteiger charge is -2.17. The first-order chi connectivity index (χ1) is 12.5. The maximum Gasteiger partial charge on any atom is 0.321 e. The fourth-order valence-electron chi connectivity index (χ4n) is 2.54. The van der Waals surface area contributed by atoms with Crippen molar-refractivity contribution in [2.24, 2.45) is 0 Å². The van der Waals surface area contributed by atoms with Crippen LogP contribution in [0.1, 0.15) is 5.56 Å². The number of sulfonamides is 1. The molecule has 0 radical (unpaired) electrons. The summed E-state index contributed by atoms with van der Waals surface area (Å²) in [5.74, 6) is -0.609. The van der Waals surface area contributed by atoms with E-state index in [-0.39, 0.29) is 18.0 Å². The number of ether oxygens (including phenoxy) is 1. The molecular weight excluding hydrogens is 352 g/mol. The molecule has 1 heterocycles. The number of pyridine rings is 1. The lowest BCUT2D eigenvalue weighted by Crippen LogP contribution is -2.33. The van der Waals surface area contributed by atoms with E-state index < -0.39 is 16.0 Å². The quantitative estimate of drug-likeness (QED) is 0.624. The van der Waals surface area contributed by atoms with E-state index in [2.05, 4.69) is 4.98 Å². The highest BCUT2D eigenvalue weighted by Gasteiger charge is 2.25. The average Bonchev–Trinajstić information content (AvgIpc) is 2.66. The van der Waals surface area contributed by atoms with Crippen molar-refractivity contribution in [1.29, 1.82) is 0 Å². The topological polar surface area (TPSA) is 76.6 Å². The summed E-state index contributed by atoms with van der Waals surface area (Å²) >= 11 is 0. The van der Waals surface area contributed by atoms with Gasteiger partial charge in [0, 0.05) is 30.2 Å². The Hall–Kier alpha value is -2.77. The fourth-order valence-corrected chi connectivity index (χ4v) is 3.86. The van der Waals surface area contributed by atoms with Crippen molar-refractivity contribution in [2.75, 3.05) is 13.6 Å². The first kappa shape index (κ1) is 18.0. The molecule has 134 valence electrons. The predicted molar refractivity (Wildman–Crippen MR) is 97.8 cm³/mol. The number of aromatic nitrogens is 1. The molecule has 0 aliphatic rings. The molecule has 6 nitrogen and oxygen atoms in total. The molecule has 2 aromatic carbocycles. The van der Waals surface area contributed by atoms with Gasteiger partial charge in [-0.25, -0.2) is 8.42 Å². The van der Waals surface area contributed by atoms with Crippen LogP contribution in [0.2, 0.25) is 0 Å². The van der Waals surface area contributed by atoms with Crippen LogP contribution in [-0.2, 0) is 26.2 Å². The minimum absolute atomic E-state index is 0.105. The Balaban J connectivity index is 1.73. The van der Waals surface area contributed by atoms with Gasteiger partial charge < -0.3 is 4.74 Å². The van der Waals surface area contributed by atoms with Crippen LogP contribution in [-0.4, -0.2) is 37.3 Å². The van der Waals surface area contributed by atoms with Crippen LogP contribution in [0.25, 0.3) is 10.8 Å². The van der Waals surface area contributed by atoms with Crippen molar-refractivity contribution >= 4 is 26.8 Å². The monoisotopic (exact) mass is 370 g/mol. The van der Waals surface area contributed by atoms with Gasteiger partial charge in [0.15, 0.2) is 0 Å². The van der Waals surface area contributed by atoms with E-state index in [1.165, 1.54) is 19.3 Å². The van der Waals surface area contributed by atoms with Crippen molar-refractivity contribution in [3.05, 3.63) is 72.6 Å². The van der Waals surface area contributed by atoms with Gasteiger partial charge >= 0.3 is 5.97 Å². The number of fused-ring (bicyclic) bond motifs is 1. The summed E-state index contributed by atoms with van der Waals surface area (Å²) in [7, 11) is -2.48. The van der Waals surface area contributed by atoms with Crippen LogP contribution in [0.5, 0.6) is 0 Å². The summed E-state index contributed by atoms with van der Waals surface area (Å²) in [6.07, 6.45) is 3.14. The van der Waals surface area contributed by atoms with Crippen LogP contribution in [0.15, 0.2) is 71.9 Å². The van der Waals surface area contributed by atoms with E-state index in [0.717, 1.165) is 9.87 Å². The number of hydrogen-bond donors (Lipinski definition) is 0. The predicted octanol–water partition coefficient (Wildman–Crippen LogP) is 2.60. The van der Waals surface area contributed by atoms with Gasteiger partial charge in [-0.3, -0.25) is 9.78 Å². The fraction of sp³-hybridized carbons (Fsp3) is 0.158. The standard InChI is InChI=1S/C19H18N2O4S/c1-21(13-19(22)25-14-15-6-3-2-4-7-15)26(23,24)18-9-5-8-16-12-20-11-10-17(16)18/h2-12H,13-14H2,1H3. The number of esters is 1. The van der Waals surface area contributed by atoms with Crippen LogP contribution in [0.4, 0.5) is 0 Å². The van der Waals surface area contributed by atoms with E-state index >= 15 is 0 Å². The Labute approximate surface area is 152 Å². The maximum absolute atomic E-state index is 12.9. The van der Waals surface area contributed by atoms with Crippen LogP contribution in [0.3, 0.4) is 0 Å². The molecule has 0 atom stereocenters. The molecule has 0 aliphatic heterocycles. The average molecular weight is 370 g/mol. The highest BCUT2D eigenvalue weighted by atomic mass is 32.2. The first-order valence-electron chi connectivity index (χ1n) is 7.97.